The van der Waals surface area contributed by atoms with E-state index in [1.807, 2.05) is 27.7 Å². The Labute approximate surface area is 297 Å². The molecule has 0 aromatic carbocycles. The highest BCUT2D eigenvalue weighted by Crippen LogP contribution is 2.36. The fourth-order valence-corrected chi connectivity index (χ4v) is 7.54. The zero-order chi connectivity index (χ0) is 37.7. The minimum atomic E-state index is -1.44. The number of ketones is 1. The van der Waals surface area contributed by atoms with Crippen molar-refractivity contribution in [2.45, 2.75) is 154 Å². The third-order valence-electron chi connectivity index (χ3n) is 10.6. The van der Waals surface area contributed by atoms with Crippen molar-refractivity contribution in [3.63, 3.8) is 0 Å². The Bertz CT molecular complexity index is 1180. The molecule has 3 rings (SSSR count). The van der Waals surface area contributed by atoms with Crippen LogP contribution in [0.15, 0.2) is 23.8 Å². The maximum Gasteiger partial charge on any atom is 0.308 e. The first-order valence-corrected chi connectivity index (χ1v) is 18.1. The smallest absolute Gasteiger partial charge is 0.308 e. The second-order valence-corrected chi connectivity index (χ2v) is 15.3. The molecule has 16 atom stereocenters. The summed E-state index contributed by atoms with van der Waals surface area (Å²) in [4.78, 5) is 28.1. The van der Waals surface area contributed by atoms with Crippen molar-refractivity contribution in [1.29, 1.82) is 0 Å². The molecule has 0 aromatic heterocycles. The molecule has 3 heterocycles. The van der Waals surface area contributed by atoms with Crippen molar-refractivity contribution in [1.82, 2.24) is 4.90 Å². The number of esters is 1. The normalized spacial score (nSPS) is 44.6. The molecule has 13 heteroatoms. The Morgan fingerprint density at radius 3 is 2.22 bits per heavy atom. The maximum absolute atomic E-state index is 13.2. The number of aliphatic hydroxyl groups is 5. The van der Waals surface area contributed by atoms with Gasteiger partial charge in [-0.15, -0.1) is 0 Å². The van der Waals surface area contributed by atoms with Crippen LogP contribution < -0.4 is 0 Å². The number of aliphatic hydroxyl groups excluding tert-OH is 4. The van der Waals surface area contributed by atoms with E-state index in [9.17, 15) is 35.1 Å². The van der Waals surface area contributed by atoms with Crippen molar-refractivity contribution in [2.24, 2.45) is 23.7 Å². The molecule has 288 valence electrons. The summed E-state index contributed by atoms with van der Waals surface area (Å²) in [6, 6.07) is -0.649. The van der Waals surface area contributed by atoms with Crippen LogP contribution in [0.3, 0.4) is 0 Å². The first kappa shape index (κ1) is 42.6. The van der Waals surface area contributed by atoms with Gasteiger partial charge in [0.25, 0.3) is 0 Å². The molecule has 13 nitrogen and oxygen atoms in total. The van der Waals surface area contributed by atoms with Gasteiger partial charge in [0.05, 0.1) is 49.1 Å². The zero-order valence-electron chi connectivity index (χ0n) is 31.5. The average molecular weight is 714 g/mol. The highest BCUT2D eigenvalue weighted by molar-refractivity contribution is 5.91. The first-order valence-electron chi connectivity index (χ1n) is 18.1. The molecule has 0 amide bonds. The van der Waals surface area contributed by atoms with Crippen LogP contribution in [0.4, 0.5) is 0 Å². The van der Waals surface area contributed by atoms with Crippen LogP contribution in [0, 0.1) is 23.7 Å². The number of carbonyl (C=O) groups excluding carboxylic acids is 2. The number of nitrogens with zero attached hydrogens (tertiary/aromatic N) is 1. The van der Waals surface area contributed by atoms with Gasteiger partial charge in [-0.2, -0.15) is 0 Å². The predicted octanol–water partition coefficient (Wildman–Crippen LogP) is 2.10. The molecule has 50 heavy (non-hydrogen) atoms. The minimum absolute atomic E-state index is 0.0108. The maximum atomic E-state index is 13.2. The van der Waals surface area contributed by atoms with E-state index in [1.165, 1.54) is 13.0 Å². The van der Waals surface area contributed by atoms with Crippen LogP contribution in [0.2, 0.25) is 0 Å². The van der Waals surface area contributed by atoms with Gasteiger partial charge in [-0.05, 0) is 66.6 Å². The van der Waals surface area contributed by atoms with Crippen molar-refractivity contribution < 1.29 is 58.8 Å². The molecule has 5 N–H and O–H groups in total. The highest BCUT2D eigenvalue weighted by atomic mass is 16.7. The third-order valence-corrected chi connectivity index (χ3v) is 10.6. The van der Waals surface area contributed by atoms with Gasteiger partial charge in [0, 0.05) is 24.2 Å². The minimum Gasteiger partial charge on any atom is -0.462 e. The summed E-state index contributed by atoms with van der Waals surface area (Å²) >= 11 is 0. The summed E-state index contributed by atoms with van der Waals surface area (Å²) in [5, 5.41) is 54.3. The fourth-order valence-electron chi connectivity index (χ4n) is 7.54. The Morgan fingerprint density at radius 1 is 0.980 bits per heavy atom. The number of rotatable bonds is 7. The lowest BCUT2D eigenvalue weighted by molar-refractivity contribution is -0.341. The lowest BCUT2D eigenvalue weighted by Gasteiger charge is -2.50. The molecule has 0 aliphatic carbocycles. The van der Waals surface area contributed by atoms with Crippen LogP contribution in [-0.4, -0.2) is 136 Å². The summed E-state index contributed by atoms with van der Waals surface area (Å²) in [7, 11) is 3.58. The summed E-state index contributed by atoms with van der Waals surface area (Å²) in [5.74, 6) is -2.57. The summed E-state index contributed by atoms with van der Waals surface area (Å²) in [6.45, 7) is 13.9. The lowest BCUT2D eigenvalue weighted by atomic mass is 9.82. The van der Waals surface area contributed by atoms with E-state index < -0.39 is 96.8 Å². The molecular weight excluding hydrogens is 650 g/mol. The molecule has 0 spiro atoms. The second kappa shape index (κ2) is 18.3. The van der Waals surface area contributed by atoms with Gasteiger partial charge in [-0.1, -0.05) is 45.4 Å². The SMILES string of the molecule is CC[C@H]1OC(=O)C[C@@H](O)[C@H](C)[C@@H](O[C@@H]2OC(C)[C@@H](O[C@H]3CC(C)(O)C(O)[C@@H](C)O3)C(N(C)C)C2O)[C@@H](C)C[C@@H](C)C(=O)C=CC(C)=C[C@@H]1CO. The van der Waals surface area contributed by atoms with Gasteiger partial charge < -0.3 is 54.1 Å². The molecule has 3 aliphatic rings. The van der Waals surface area contributed by atoms with Gasteiger partial charge in [0.1, 0.15) is 24.4 Å². The van der Waals surface area contributed by atoms with E-state index in [0.29, 0.717) is 12.8 Å². The van der Waals surface area contributed by atoms with E-state index in [2.05, 4.69) is 0 Å². The highest BCUT2D eigenvalue weighted by Gasteiger charge is 2.51. The number of hydrogen-bond donors (Lipinski definition) is 5. The van der Waals surface area contributed by atoms with Crippen molar-refractivity contribution in [3.8, 4) is 0 Å². The Kier molecular flexibility index (Phi) is 15.6. The topological polar surface area (TPSA) is 185 Å². The molecule has 0 radical (unpaired) electrons. The number of cyclic esters (lactones) is 1. The third kappa shape index (κ3) is 10.6. The van der Waals surface area contributed by atoms with Gasteiger partial charge in [0.15, 0.2) is 18.4 Å². The summed E-state index contributed by atoms with van der Waals surface area (Å²) < 4.78 is 30.8. The molecular formula is C37H63NO12. The van der Waals surface area contributed by atoms with E-state index in [-0.39, 0.29) is 31.1 Å². The Morgan fingerprint density at radius 2 is 1.64 bits per heavy atom. The summed E-state index contributed by atoms with van der Waals surface area (Å²) in [5.41, 5.74) is -0.693. The van der Waals surface area contributed by atoms with Gasteiger partial charge >= 0.3 is 5.97 Å². The summed E-state index contributed by atoms with van der Waals surface area (Å²) in [6.07, 6.45) is -3.47. The van der Waals surface area contributed by atoms with Gasteiger partial charge in [-0.25, -0.2) is 0 Å². The van der Waals surface area contributed by atoms with Crippen LogP contribution in [0.1, 0.15) is 81.1 Å². The molecule has 3 aliphatic heterocycles. The number of hydrogen-bond acceptors (Lipinski definition) is 13. The number of allylic oxidation sites excluding steroid dienone is 3. The van der Waals surface area contributed by atoms with E-state index in [4.69, 9.17) is 23.7 Å². The monoisotopic (exact) mass is 713 g/mol. The molecule has 0 saturated carbocycles. The second-order valence-electron chi connectivity index (χ2n) is 15.3. The van der Waals surface area contributed by atoms with Crippen LogP contribution in [0.25, 0.3) is 0 Å². The number of likely N-dealkylation sites (N-methyl/N-ethyl adjacent to an activating group) is 1. The predicted molar refractivity (Wildman–Crippen MR) is 185 cm³/mol. The Balaban J connectivity index is 1.89. The Hall–Kier alpha value is -1.78. The van der Waals surface area contributed by atoms with E-state index >= 15 is 0 Å². The van der Waals surface area contributed by atoms with Crippen LogP contribution >= 0.6 is 0 Å². The average Bonchev–Trinajstić information content (AvgIpc) is 3.03. The molecule has 0 bridgehead atoms. The molecule has 0 aromatic rings. The molecule has 5 unspecified atom stereocenters. The van der Waals surface area contributed by atoms with Gasteiger partial charge in [0.2, 0.25) is 0 Å². The zero-order valence-corrected chi connectivity index (χ0v) is 31.5. The van der Waals surface area contributed by atoms with E-state index in [1.54, 1.807) is 51.9 Å². The standard InChI is InChI=1S/C37H63NO12/c1-11-28-25(18-39)14-19(2)12-13-26(40)20(3)15-21(4)33(22(5)27(41)16-29(42)48-28)50-36-32(43)31(38(9)10)34(23(6)47-36)49-30-17-37(8,45)35(44)24(7)46-30/h12-14,20-25,27-28,30-36,39,41,43-45H,11,15-18H2,1-10H3/t20-,21+,22+,23?,24-,25-,27-,28-,30+,31?,32?,33+,34-,35?,36+,37?/m1/s1. The lowest BCUT2D eigenvalue weighted by Crippen LogP contribution is -2.65. The van der Waals surface area contributed by atoms with Crippen LogP contribution in [-0.2, 0) is 33.3 Å². The number of carbonyl (C=O) groups is 2. The van der Waals surface area contributed by atoms with Crippen LogP contribution in [0.5, 0.6) is 0 Å². The van der Waals surface area contributed by atoms with Crippen molar-refractivity contribution in [3.05, 3.63) is 23.8 Å². The number of ether oxygens (including phenoxy) is 5. The quantitative estimate of drug-likeness (QED) is 0.242. The van der Waals surface area contributed by atoms with Crippen molar-refractivity contribution >= 4 is 11.8 Å². The van der Waals surface area contributed by atoms with E-state index in [0.717, 1.165) is 5.57 Å². The van der Waals surface area contributed by atoms with Crippen molar-refractivity contribution in [2.75, 3.05) is 20.7 Å². The van der Waals surface area contributed by atoms with Gasteiger partial charge in [-0.3, -0.25) is 9.59 Å². The molecule has 2 saturated heterocycles. The molecule has 2 fully saturated rings. The first-order chi connectivity index (χ1) is 23.3. The largest absolute Gasteiger partial charge is 0.462 e. The fraction of sp³-hybridized carbons (Fsp3) is 0.838.